The predicted molar refractivity (Wildman–Crippen MR) is 66.1 cm³/mol. The summed E-state index contributed by atoms with van der Waals surface area (Å²) in [5.74, 6) is 0.720. The van der Waals surface area contributed by atoms with Crippen LogP contribution >= 0.6 is 0 Å². The summed E-state index contributed by atoms with van der Waals surface area (Å²) in [6, 6.07) is 0. The Hall–Kier alpha value is -0.790. The molecule has 0 bridgehead atoms. The Morgan fingerprint density at radius 2 is 1.75 bits per heavy atom. The van der Waals surface area contributed by atoms with Gasteiger partial charge in [0.1, 0.15) is 0 Å². The number of carbonyl (C=O) groups excluding carboxylic acids is 1. The second kappa shape index (κ2) is 6.07. The second-order valence-electron chi connectivity index (χ2n) is 5.08. The molecule has 16 heavy (non-hydrogen) atoms. The molecule has 2 heteroatoms. The van der Waals surface area contributed by atoms with Gasteiger partial charge in [0.2, 0.25) is 0 Å². The summed E-state index contributed by atoms with van der Waals surface area (Å²) < 4.78 is 4.89. The fraction of sp³-hybridized carbons (Fsp3) is 0.786. The van der Waals surface area contributed by atoms with Gasteiger partial charge >= 0.3 is 5.97 Å². The molecule has 0 unspecified atom stereocenters. The summed E-state index contributed by atoms with van der Waals surface area (Å²) in [6.45, 7) is 6.25. The van der Waals surface area contributed by atoms with Crippen LogP contribution in [-0.2, 0) is 9.53 Å². The van der Waals surface area contributed by atoms with Gasteiger partial charge in [0.25, 0.3) is 0 Å². The molecule has 0 aromatic rings. The van der Waals surface area contributed by atoms with Crippen molar-refractivity contribution in [1.82, 2.24) is 0 Å². The number of esters is 1. The standard InChI is InChI=1S/C14H24O2/c1-10(2)13(14(15)16-4)11(3)12-8-6-5-7-9-12/h10,12H,5-9H2,1-4H3/b13-11+. The average Bonchev–Trinajstić information content (AvgIpc) is 2.29. The Morgan fingerprint density at radius 1 is 1.19 bits per heavy atom. The normalized spacial score (nSPS) is 19.6. The molecule has 1 saturated carbocycles. The zero-order chi connectivity index (χ0) is 12.1. The zero-order valence-electron chi connectivity index (χ0n) is 11.0. The molecule has 0 aromatic carbocycles. The van der Waals surface area contributed by atoms with Crippen molar-refractivity contribution >= 4 is 5.97 Å². The van der Waals surface area contributed by atoms with Crippen molar-refractivity contribution in [2.24, 2.45) is 11.8 Å². The summed E-state index contributed by atoms with van der Waals surface area (Å²) in [6.07, 6.45) is 6.42. The molecule has 2 nitrogen and oxygen atoms in total. The van der Waals surface area contributed by atoms with E-state index in [1.807, 2.05) is 0 Å². The summed E-state index contributed by atoms with van der Waals surface area (Å²) in [5, 5.41) is 0. The van der Waals surface area contributed by atoms with E-state index in [1.165, 1.54) is 44.8 Å². The topological polar surface area (TPSA) is 26.3 Å². The largest absolute Gasteiger partial charge is 0.466 e. The van der Waals surface area contributed by atoms with E-state index in [0.29, 0.717) is 5.92 Å². The average molecular weight is 224 g/mol. The third-order valence-corrected chi connectivity index (χ3v) is 3.63. The van der Waals surface area contributed by atoms with Crippen LogP contribution in [0.25, 0.3) is 0 Å². The van der Waals surface area contributed by atoms with Gasteiger partial charge in [0, 0.05) is 5.57 Å². The molecule has 0 spiro atoms. The van der Waals surface area contributed by atoms with Gasteiger partial charge in [0.15, 0.2) is 0 Å². The Kier molecular flexibility index (Phi) is 5.04. The fourth-order valence-electron chi connectivity index (χ4n) is 2.72. The Morgan fingerprint density at radius 3 is 2.19 bits per heavy atom. The van der Waals surface area contributed by atoms with Gasteiger partial charge in [-0.3, -0.25) is 0 Å². The molecule has 0 atom stereocenters. The molecule has 0 heterocycles. The molecule has 1 aliphatic rings. The lowest BCUT2D eigenvalue weighted by Gasteiger charge is -2.25. The molecule has 1 aliphatic carbocycles. The van der Waals surface area contributed by atoms with E-state index in [4.69, 9.17) is 4.74 Å². The second-order valence-corrected chi connectivity index (χ2v) is 5.08. The first-order chi connectivity index (χ1) is 7.57. The monoisotopic (exact) mass is 224 g/mol. The van der Waals surface area contributed by atoms with Crippen LogP contribution < -0.4 is 0 Å². The predicted octanol–water partition coefficient (Wildman–Crippen LogP) is 3.71. The van der Waals surface area contributed by atoms with Gasteiger partial charge in [0.05, 0.1) is 7.11 Å². The molecular weight excluding hydrogens is 200 g/mol. The highest BCUT2D eigenvalue weighted by Crippen LogP contribution is 2.33. The van der Waals surface area contributed by atoms with Crippen molar-refractivity contribution in [3.05, 3.63) is 11.1 Å². The highest BCUT2D eigenvalue weighted by Gasteiger charge is 2.23. The zero-order valence-corrected chi connectivity index (χ0v) is 11.0. The molecule has 0 aliphatic heterocycles. The van der Waals surface area contributed by atoms with Crippen LogP contribution in [0.2, 0.25) is 0 Å². The lowest BCUT2D eigenvalue weighted by molar-refractivity contribution is -0.136. The molecular formula is C14H24O2. The summed E-state index contributed by atoms with van der Waals surface area (Å²) in [5.41, 5.74) is 2.16. The number of allylic oxidation sites excluding steroid dienone is 1. The third-order valence-electron chi connectivity index (χ3n) is 3.63. The van der Waals surface area contributed by atoms with Gasteiger partial charge in [-0.1, -0.05) is 38.7 Å². The number of hydrogen-bond donors (Lipinski definition) is 0. The molecule has 0 N–H and O–H groups in total. The van der Waals surface area contributed by atoms with Crippen molar-refractivity contribution in [2.45, 2.75) is 52.9 Å². The minimum absolute atomic E-state index is 0.141. The SMILES string of the molecule is COC(=O)/C(=C(\C)C1CCCCC1)C(C)C. The lowest BCUT2D eigenvalue weighted by atomic mass is 9.80. The number of carbonyl (C=O) groups is 1. The summed E-state index contributed by atoms with van der Waals surface area (Å²) >= 11 is 0. The maximum atomic E-state index is 11.8. The summed E-state index contributed by atoms with van der Waals surface area (Å²) in [7, 11) is 1.47. The molecule has 0 radical (unpaired) electrons. The van der Waals surface area contributed by atoms with Crippen LogP contribution in [-0.4, -0.2) is 13.1 Å². The highest BCUT2D eigenvalue weighted by atomic mass is 16.5. The first-order valence-electron chi connectivity index (χ1n) is 6.37. The molecule has 0 aromatic heterocycles. The lowest BCUT2D eigenvalue weighted by Crippen LogP contribution is -2.17. The van der Waals surface area contributed by atoms with Crippen molar-refractivity contribution < 1.29 is 9.53 Å². The first-order valence-corrected chi connectivity index (χ1v) is 6.37. The number of methoxy groups -OCH3 is 1. The molecule has 92 valence electrons. The van der Waals surface area contributed by atoms with Gasteiger partial charge < -0.3 is 4.74 Å². The fourth-order valence-corrected chi connectivity index (χ4v) is 2.72. The van der Waals surface area contributed by atoms with E-state index in [0.717, 1.165) is 5.57 Å². The van der Waals surface area contributed by atoms with Crippen LogP contribution in [0.4, 0.5) is 0 Å². The minimum atomic E-state index is -0.141. The Labute approximate surface area is 99.1 Å². The highest BCUT2D eigenvalue weighted by molar-refractivity contribution is 5.89. The van der Waals surface area contributed by atoms with Crippen molar-refractivity contribution in [3.63, 3.8) is 0 Å². The van der Waals surface area contributed by atoms with Crippen molar-refractivity contribution in [1.29, 1.82) is 0 Å². The molecule has 0 saturated heterocycles. The van der Waals surface area contributed by atoms with E-state index in [2.05, 4.69) is 20.8 Å². The van der Waals surface area contributed by atoms with Crippen molar-refractivity contribution in [2.75, 3.05) is 7.11 Å². The smallest absolute Gasteiger partial charge is 0.333 e. The van der Waals surface area contributed by atoms with Crippen molar-refractivity contribution in [3.8, 4) is 0 Å². The third kappa shape index (κ3) is 3.10. The van der Waals surface area contributed by atoms with Crippen LogP contribution in [0.3, 0.4) is 0 Å². The Balaban J connectivity index is 2.90. The van der Waals surface area contributed by atoms with E-state index in [-0.39, 0.29) is 11.9 Å². The van der Waals surface area contributed by atoms with E-state index in [1.54, 1.807) is 0 Å². The van der Waals surface area contributed by atoms with Gasteiger partial charge in [-0.2, -0.15) is 0 Å². The van der Waals surface area contributed by atoms with Crippen LogP contribution in [0.1, 0.15) is 52.9 Å². The van der Waals surface area contributed by atoms with E-state index < -0.39 is 0 Å². The van der Waals surface area contributed by atoms with Gasteiger partial charge in [-0.05, 0) is 31.6 Å². The molecule has 1 rings (SSSR count). The maximum absolute atomic E-state index is 11.8. The number of ether oxygens (including phenoxy) is 1. The molecule has 0 amide bonds. The maximum Gasteiger partial charge on any atom is 0.333 e. The quantitative estimate of drug-likeness (QED) is 0.539. The minimum Gasteiger partial charge on any atom is -0.466 e. The van der Waals surface area contributed by atoms with E-state index >= 15 is 0 Å². The Bertz CT molecular complexity index is 270. The van der Waals surface area contributed by atoms with Crippen LogP contribution in [0.5, 0.6) is 0 Å². The number of hydrogen-bond acceptors (Lipinski definition) is 2. The van der Waals surface area contributed by atoms with Gasteiger partial charge in [-0.15, -0.1) is 0 Å². The first kappa shape index (κ1) is 13.3. The summed E-state index contributed by atoms with van der Waals surface area (Å²) in [4.78, 5) is 11.8. The number of rotatable bonds is 3. The van der Waals surface area contributed by atoms with E-state index in [9.17, 15) is 4.79 Å². The van der Waals surface area contributed by atoms with Crippen LogP contribution in [0.15, 0.2) is 11.1 Å². The molecule has 1 fully saturated rings. The van der Waals surface area contributed by atoms with Gasteiger partial charge in [-0.25, -0.2) is 4.79 Å². The van der Waals surface area contributed by atoms with Crippen LogP contribution in [0, 0.1) is 11.8 Å².